The van der Waals surface area contributed by atoms with E-state index in [0.29, 0.717) is 5.69 Å². The van der Waals surface area contributed by atoms with Crippen LogP contribution >= 0.6 is 0 Å². The number of benzene rings is 1. The van der Waals surface area contributed by atoms with Gasteiger partial charge in [0.05, 0.1) is 6.61 Å². The molecular formula is C17H20N2O2. The Bertz CT molecular complexity index is 665. The molecule has 0 saturated heterocycles. The van der Waals surface area contributed by atoms with Crippen LogP contribution in [0.3, 0.4) is 0 Å². The van der Waals surface area contributed by atoms with E-state index in [9.17, 15) is 9.90 Å². The van der Waals surface area contributed by atoms with Gasteiger partial charge in [0.15, 0.2) is 0 Å². The number of pyridine rings is 1. The maximum atomic E-state index is 12.6. The quantitative estimate of drug-likeness (QED) is 0.910. The van der Waals surface area contributed by atoms with Crippen LogP contribution in [0.5, 0.6) is 0 Å². The van der Waals surface area contributed by atoms with Crippen molar-refractivity contribution < 1.29 is 9.90 Å². The summed E-state index contributed by atoms with van der Waals surface area (Å²) < 4.78 is 0. The number of hydrogen-bond donors (Lipinski definition) is 2. The lowest BCUT2D eigenvalue weighted by molar-refractivity contribution is 0.0827. The molecule has 21 heavy (non-hydrogen) atoms. The molecule has 110 valence electrons. The summed E-state index contributed by atoms with van der Waals surface area (Å²) in [5.41, 5.74) is 0.237. The molecule has 1 aliphatic carbocycles. The Morgan fingerprint density at radius 3 is 3.05 bits per heavy atom. The number of carbonyl (C=O) groups is 1. The van der Waals surface area contributed by atoms with Crippen LogP contribution in [-0.2, 0) is 0 Å². The van der Waals surface area contributed by atoms with Gasteiger partial charge in [-0.1, -0.05) is 37.6 Å². The molecule has 2 N–H and O–H groups in total. The third-order valence-electron chi connectivity index (χ3n) is 4.64. The van der Waals surface area contributed by atoms with Gasteiger partial charge in [0.1, 0.15) is 5.69 Å². The molecule has 4 heteroatoms. The highest BCUT2D eigenvalue weighted by atomic mass is 16.3. The number of aliphatic hydroxyl groups excluding tert-OH is 1. The van der Waals surface area contributed by atoms with Crippen LogP contribution in [0.25, 0.3) is 10.8 Å². The van der Waals surface area contributed by atoms with Crippen molar-refractivity contribution in [2.75, 3.05) is 6.61 Å². The Labute approximate surface area is 124 Å². The van der Waals surface area contributed by atoms with Gasteiger partial charge in [0.2, 0.25) is 0 Å². The molecule has 2 atom stereocenters. The first-order chi connectivity index (χ1) is 10.1. The van der Waals surface area contributed by atoms with Gasteiger partial charge in [-0.05, 0) is 24.3 Å². The smallest absolute Gasteiger partial charge is 0.270 e. The average molecular weight is 284 g/mol. The Balaban J connectivity index is 1.88. The molecule has 0 aliphatic heterocycles. The van der Waals surface area contributed by atoms with Gasteiger partial charge in [-0.3, -0.25) is 9.78 Å². The molecule has 0 spiro atoms. The molecule has 3 rings (SSSR count). The fraction of sp³-hybridized carbons (Fsp3) is 0.412. The van der Waals surface area contributed by atoms with E-state index in [4.69, 9.17) is 0 Å². The normalized spacial score (nSPS) is 25.1. The van der Waals surface area contributed by atoms with Crippen molar-refractivity contribution in [1.29, 1.82) is 0 Å². The molecule has 2 aromatic rings. The van der Waals surface area contributed by atoms with E-state index in [2.05, 4.69) is 10.3 Å². The number of hydrogen-bond acceptors (Lipinski definition) is 3. The van der Waals surface area contributed by atoms with E-state index >= 15 is 0 Å². The van der Waals surface area contributed by atoms with Gasteiger partial charge >= 0.3 is 0 Å². The number of nitrogens with zero attached hydrogens (tertiary/aromatic N) is 1. The zero-order valence-electron chi connectivity index (χ0n) is 12.2. The summed E-state index contributed by atoms with van der Waals surface area (Å²) in [5, 5.41) is 14.5. The zero-order chi connectivity index (χ0) is 14.9. The third kappa shape index (κ3) is 2.51. The van der Waals surface area contributed by atoms with E-state index in [-0.39, 0.29) is 24.0 Å². The molecule has 4 nitrogen and oxygen atoms in total. The molecule has 1 saturated carbocycles. The lowest BCUT2D eigenvalue weighted by Crippen LogP contribution is -2.45. The van der Waals surface area contributed by atoms with E-state index in [1.165, 1.54) is 0 Å². The standard InChI is InChI=1S/C17H20N2O2/c1-17(11-20)9-4-7-14(17)19-16(21)15-13-6-3-2-5-12(13)8-10-18-15/h2-3,5-6,8,10,14,20H,4,7,9,11H2,1H3,(H,19,21). The summed E-state index contributed by atoms with van der Waals surface area (Å²) in [6.45, 7) is 2.13. The van der Waals surface area contributed by atoms with Gasteiger partial charge in [-0.2, -0.15) is 0 Å². The van der Waals surface area contributed by atoms with Gasteiger partial charge < -0.3 is 10.4 Å². The Morgan fingerprint density at radius 1 is 1.43 bits per heavy atom. The summed E-state index contributed by atoms with van der Waals surface area (Å²) in [7, 11) is 0. The van der Waals surface area contributed by atoms with Crippen molar-refractivity contribution in [3.8, 4) is 0 Å². The molecular weight excluding hydrogens is 264 g/mol. The predicted molar refractivity (Wildman–Crippen MR) is 82.0 cm³/mol. The van der Waals surface area contributed by atoms with Gasteiger partial charge in [0, 0.05) is 23.0 Å². The largest absolute Gasteiger partial charge is 0.396 e. The number of fused-ring (bicyclic) bond motifs is 1. The van der Waals surface area contributed by atoms with Crippen LogP contribution in [0.2, 0.25) is 0 Å². The maximum absolute atomic E-state index is 12.6. The first-order valence-corrected chi connectivity index (χ1v) is 7.39. The Hall–Kier alpha value is -1.94. The zero-order valence-corrected chi connectivity index (χ0v) is 12.2. The second-order valence-corrected chi connectivity index (χ2v) is 6.11. The minimum Gasteiger partial charge on any atom is -0.396 e. The Morgan fingerprint density at radius 2 is 2.24 bits per heavy atom. The van der Waals surface area contributed by atoms with Crippen molar-refractivity contribution in [3.05, 3.63) is 42.2 Å². The summed E-state index contributed by atoms with van der Waals surface area (Å²) in [6.07, 6.45) is 4.55. The van der Waals surface area contributed by atoms with E-state index in [0.717, 1.165) is 30.0 Å². The lowest BCUT2D eigenvalue weighted by Gasteiger charge is -2.30. The second-order valence-electron chi connectivity index (χ2n) is 6.11. The number of aromatic nitrogens is 1. The highest BCUT2D eigenvalue weighted by Gasteiger charge is 2.39. The maximum Gasteiger partial charge on any atom is 0.270 e. The first kappa shape index (κ1) is 14.0. The lowest BCUT2D eigenvalue weighted by atomic mass is 9.85. The average Bonchev–Trinajstić information content (AvgIpc) is 2.88. The fourth-order valence-electron chi connectivity index (χ4n) is 3.20. The van der Waals surface area contributed by atoms with Crippen molar-refractivity contribution in [2.24, 2.45) is 5.41 Å². The SMILES string of the molecule is CC1(CO)CCCC1NC(=O)c1nccc2ccccc12. The highest BCUT2D eigenvalue weighted by molar-refractivity contribution is 6.05. The van der Waals surface area contributed by atoms with Crippen LogP contribution < -0.4 is 5.32 Å². The highest BCUT2D eigenvalue weighted by Crippen LogP contribution is 2.37. The number of aliphatic hydroxyl groups is 1. The molecule has 1 heterocycles. The summed E-state index contributed by atoms with van der Waals surface area (Å²) >= 11 is 0. The molecule has 1 fully saturated rings. The molecule has 0 bridgehead atoms. The molecule has 1 aliphatic rings. The van der Waals surface area contributed by atoms with E-state index in [1.54, 1.807) is 6.20 Å². The van der Waals surface area contributed by atoms with Crippen LogP contribution in [0.15, 0.2) is 36.5 Å². The predicted octanol–water partition coefficient (Wildman–Crippen LogP) is 2.52. The van der Waals surface area contributed by atoms with Crippen molar-refractivity contribution in [2.45, 2.75) is 32.2 Å². The van der Waals surface area contributed by atoms with Gasteiger partial charge in [0.25, 0.3) is 5.91 Å². The summed E-state index contributed by atoms with van der Waals surface area (Å²) in [4.78, 5) is 16.8. The van der Waals surface area contributed by atoms with Crippen molar-refractivity contribution >= 4 is 16.7 Å². The monoisotopic (exact) mass is 284 g/mol. The number of nitrogens with one attached hydrogen (secondary N) is 1. The van der Waals surface area contributed by atoms with Crippen LogP contribution in [0, 0.1) is 5.41 Å². The summed E-state index contributed by atoms with van der Waals surface area (Å²) in [5.74, 6) is -0.154. The minimum absolute atomic E-state index is 0.00997. The molecule has 1 aromatic heterocycles. The molecule has 2 unspecified atom stereocenters. The van der Waals surface area contributed by atoms with E-state index in [1.807, 2.05) is 37.3 Å². The van der Waals surface area contributed by atoms with Crippen LogP contribution in [-0.4, -0.2) is 28.6 Å². The van der Waals surface area contributed by atoms with E-state index < -0.39 is 0 Å². The number of amides is 1. The summed E-state index contributed by atoms with van der Waals surface area (Å²) in [6, 6.07) is 9.66. The topological polar surface area (TPSA) is 62.2 Å². The van der Waals surface area contributed by atoms with Crippen molar-refractivity contribution in [1.82, 2.24) is 10.3 Å². The first-order valence-electron chi connectivity index (χ1n) is 7.39. The molecule has 0 radical (unpaired) electrons. The molecule has 1 amide bonds. The van der Waals surface area contributed by atoms with Crippen LogP contribution in [0.4, 0.5) is 0 Å². The van der Waals surface area contributed by atoms with Gasteiger partial charge in [-0.25, -0.2) is 0 Å². The molecule has 1 aromatic carbocycles. The third-order valence-corrected chi connectivity index (χ3v) is 4.64. The fourth-order valence-corrected chi connectivity index (χ4v) is 3.20. The Kier molecular flexibility index (Phi) is 3.64. The number of carbonyl (C=O) groups excluding carboxylic acids is 1. The van der Waals surface area contributed by atoms with Crippen molar-refractivity contribution in [3.63, 3.8) is 0 Å². The number of rotatable bonds is 3. The second kappa shape index (κ2) is 5.45. The van der Waals surface area contributed by atoms with Crippen LogP contribution in [0.1, 0.15) is 36.7 Å². The minimum atomic E-state index is -0.222. The van der Waals surface area contributed by atoms with Gasteiger partial charge in [-0.15, -0.1) is 0 Å².